The molecule has 0 aromatic carbocycles. The summed E-state index contributed by atoms with van der Waals surface area (Å²) in [4.78, 5) is 8.18. The minimum absolute atomic E-state index is 0. The Morgan fingerprint density at radius 1 is 1.43 bits per heavy atom. The van der Waals surface area contributed by atoms with Crippen molar-refractivity contribution in [2.45, 2.75) is 45.3 Å². The van der Waals surface area contributed by atoms with E-state index in [4.69, 9.17) is 0 Å². The molecule has 0 atom stereocenters. The standard InChI is InChI=1S/C15H26N4S.HI/c1-12(2)19(13-6-7-13)9-8-17-15(16-3)18-11-14-5-4-10-20-14;/h4-5,10,12-13H,6-9,11H2,1-3H3,(H2,16,17,18);1H. The predicted molar refractivity (Wildman–Crippen MR) is 103 cm³/mol. The number of guanidine groups is 1. The monoisotopic (exact) mass is 422 g/mol. The van der Waals surface area contributed by atoms with Crippen LogP contribution in [0, 0.1) is 0 Å². The van der Waals surface area contributed by atoms with Gasteiger partial charge >= 0.3 is 0 Å². The number of thiophene rings is 1. The van der Waals surface area contributed by atoms with Gasteiger partial charge in [-0.3, -0.25) is 9.89 Å². The average molecular weight is 422 g/mol. The molecule has 1 aliphatic carbocycles. The van der Waals surface area contributed by atoms with Gasteiger partial charge in [-0.25, -0.2) is 0 Å². The van der Waals surface area contributed by atoms with Crippen LogP contribution in [0.3, 0.4) is 0 Å². The zero-order valence-corrected chi connectivity index (χ0v) is 16.3. The molecule has 0 aliphatic heterocycles. The van der Waals surface area contributed by atoms with E-state index in [-0.39, 0.29) is 24.0 Å². The van der Waals surface area contributed by atoms with E-state index < -0.39 is 0 Å². The Morgan fingerprint density at radius 3 is 2.71 bits per heavy atom. The van der Waals surface area contributed by atoms with E-state index in [1.807, 2.05) is 7.05 Å². The van der Waals surface area contributed by atoms with Crippen molar-refractivity contribution in [3.63, 3.8) is 0 Å². The number of rotatable bonds is 7. The smallest absolute Gasteiger partial charge is 0.191 e. The number of nitrogens with zero attached hydrogens (tertiary/aromatic N) is 2. The Balaban J connectivity index is 0.00000220. The van der Waals surface area contributed by atoms with Gasteiger partial charge < -0.3 is 10.6 Å². The molecule has 1 heterocycles. The van der Waals surface area contributed by atoms with Crippen LogP contribution < -0.4 is 10.6 Å². The maximum atomic E-state index is 4.27. The van der Waals surface area contributed by atoms with Crippen molar-refractivity contribution in [3.05, 3.63) is 22.4 Å². The first-order valence-corrected chi connectivity index (χ1v) is 8.31. The van der Waals surface area contributed by atoms with Gasteiger partial charge in [0.2, 0.25) is 0 Å². The molecule has 0 unspecified atom stereocenters. The third kappa shape index (κ3) is 6.52. The van der Waals surface area contributed by atoms with Crippen LogP contribution in [-0.4, -0.2) is 43.1 Å². The highest BCUT2D eigenvalue weighted by atomic mass is 127. The van der Waals surface area contributed by atoms with Gasteiger partial charge in [0.15, 0.2) is 5.96 Å². The minimum atomic E-state index is 0. The summed E-state index contributed by atoms with van der Waals surface area (Å²) in [6, 6.07) is 5.66. The molecule has 0 radical (unpaired) electrons. The van der Waals surface area contributed by atoms with E-state index in [1.54, 1.807) is 11.3 Å². The maximum Gasteiger partial charge on any atom is 0.191 e. The third-order valence-corrected chi connectivity index (χ3v) is 4.45. The first kappa shape index (κ1) is 18.7. The molecule has 0 spiro atoms. The second kappa shape index (κ2) is 9.63. The van der Waals surface area contributed by atoms with E-state index in [0.717, 1.165) is 31.6 Å². The van der Waals surface area contributed by atoms with Crippen LogP contribution in [0.15, 0.2) is 22.5 Å². The lowest BCUT2D eigenvalue weighted by Crippen LogP contribution is -2.43. The summed E-state index contributed by atoms with van der Waals surface area (Å²) in [7, 11) is 1.82. The van der Waals surface area contributed by atoms with Crippen LogP contribution in [0.1, 0.15) is 31.6 Å². The van der Waals surface area contributed by atoms with Crippen molar-refractivity contribution in [2.24, 2.45) is 4.99 Å². The normalized spacial score (nSPS) is 15.2. The molecule has 2 N–H and O–H groups in total. The lowest BCUT2D eigenvalue weighted by Gasteiger charge is -2.26. The fourth-order valence-electron chi connectivity index (χ4n) is 2.38. The fraction of sp³-hybridized carbons (Fsp3) is 0.667. The lowest BCUT2D eigenvalue weighted by molar-refractivity contribution is 0.215. The minimum Gasteiger partial charge on any atom is -0.355 e. The van der Waals surface area contributed by atoms with Gasteiger partial charge in [0.05, 0.1) is 6.54 Å². The Kier molecular flexibility index (Phi) is 8.58. The number of nitrogens with one attached hydrogen (secondary N) is 2. The number of hydrogen-bond donors (Lipinski definition) is 2. The summed E-state index contributed by atoms with van der Waals surface area (Å²) < 4.78 is 0. The number of halogens is 1. The summed E-state index contributed by atoms with van der Waals surface area (Å²) >= 11 is 1.77. The van der Waals surface area contributed by atoms with Crippen molar-refractivity contribution < 1.29 is 0 Å². The molecule has 21 heavy (non-hydrogen) atoms. The summed E-state index contributed by atoms with van der Waals surface area (Å²) in [6.07, 6.45) is 2.73. The molecular formula is C15H27IN4S. The quantitative estimate of drug-likeness (QED) is 0.403. The number of aliphatic imine (C=N–C) groups is 1. The van der Waals surface area contributed by atoms with Crippen LogP contribution in [0.25, 0.3) is 0 Å². The Bertz CT molecular complexity index is 413. The second-order valence-corrected chi connectivity index (χ2v) is 6.53. The molecule has 0 bridgehead atoms. The summed E-state index contributed by atoms with van der Waals surface area (Å²) in [5, 5.41) is 8.85. The van der Waals surface area contributed by atoms with Crippen molar-refractivity contribution in [3.8, 4) is 0 Å². The van der Waals surface area contributed by atoms with Crippen LogP contribution in [0.4, 0.5) is 0 Å². The van der Waals surface area contributed by atoms with Gasteiger partial charge in [-0.1, -0.05) is 6.07 Å². The number of hydrogen-bond acceptors (Lipinski definition) is 3. The highest BCUT2D eigenvalue weighted by molar-refractivity contribution is 14.0. The molecule has 2 rings (SSSR count). The third-order valence-electron chi connectivity index (χ3n) is 3.58. The Morgan fingerprint density at radius 2 is 2.19 bits per heavy atom. The van der Waals surface area contributed by atoms with Gasteiger partial charge in [-0.15, -0.1) is 35.3 Å². The van der Waals surface area contributed by atoms with Crippen LogP contribution in [-0.2, 0) is 6.54 Å². The molecule has 0 amide bonds. The molecule has 1 fully saturated rings. The molecule has 1 saturated carbocycles. The summed E-state index contributed by atoms with van der Waals surface area (Å²) in [6.45, 7) is 7.43. The maximum absolute atomic E-state index is 4.27. The van der Waals surface area contributed by atoms with Crippen molar-refractivity contribution in [1.29, 1.82) is 0 Å². The highest BCUT2D eigenvalue weighted by Crippen LogP contribution is 2.27. The molecule has 4 nitrogen and oxygen atoms in total. The van der Waals surface area contributed by atoms with Gasteiger partial charge in [-0.2, -0.15) is 0 Å². The Hall–Kier alpha value is -0.340. The zero-order chi connectivity index (χ0) is 14.4. The molecule has 1 aliphatic rings. The van der Waals surface area contributed by atoms with E-state index >= 15 is 0 Å². The fourth-order valence-corrected chi connectivity index (χ4v) is 3.02. The Labute approximate surface area is 149 Å². The second-order valence-electron chi connectivity index (χ2n) is 5.49. The zero-order valence-electron chi connectivity index (χ0n) is 13.1. The average Bonchev–Trinajstić information content (AvgIpc) is 3.13. The van der Waals surface area contributed by atoms with Crippen LogP contribution in [0.2, 0.25) is 0 Å². The first-order valence-electron chi connectivity index (χ1n) is 7.43. The first-order chi connectivity index (χ1) is 9.70. The molecule has 1 aromatic heterocycles. The molecule has 0 saturated heterocycles. The molecule has 1 aromatic rings. The van der Waals surface area contributed by atoms with Crippen LogP contribution >= 0.6 is 35.3 Å². The van der Waals surface area contributed by atoms with Gasteiger partial charge in [-0.05, 0) is 38.1 Å². The van der Waals surface area contributed by atoms with Crippen molar-refractivity contribution >= 4 is 41.3 Å². The van der Waals surface area contributed by atoms with Crippen LogP contribution in [0.5, 0.6) is 0 Å². The van der Waals surface area contributed by atoms with Gasteiger partial charge in [0, 0.05) is 37.1 Å². The molecule has 6 heteroatoms. The van der Waals surface area contributed by atoms with Crippen molar-refractivity contribution in [1.82, 2.24) is 15.5 Å². The largest absolute Gasteiger partial charge is 0.355 e. The summed E-state index contributed by atoms with van der Waals surface area (Å²) in [5.74, 6) is 0.887. The predicted octanol–water partition coefficient (Wildman–Crippen LogP) is 2.90. The molecular weight excluding hydrogens is 395 g/mol. The summed E-state index contributed by atoms with van der Waals surface area (Å²) in [5.41, 5.74) is 0. The molecule has 120 valence electrons. The van der Waals surface area contributed by atoms with Gasteiger partial charge in [0.25, 0.3) is 0 Å². The van der Waals surface area contributed by atoms with E-state index in [9.17, 15) is 0 Å². The van der Waals surface area contributed by atoms with Gasteiger partial charge in [0.1, 0.15) is 0 Å². The highest BCUT2D eigenvalue weighted by Gasteiger charge is 2.29. The van der Waals surface area contributed by atoms with E-state index in [0.29, 0.717) is 6.04 Å². The lowest BCUT2D eigenvalue weighted by atomic mass is 10.3. The SMILES string of the molecule is CN=C(NCCN(C(C)C)C1CC1)NCc1cccs1.I. The topological polar surface area (TPSA) is 39.7 Å². The van der Waals surface area contributed by atoms with E-state index in [2.05, 4.69) is 51.9 Å². The van der Waals surface area contributed by atoms with E-state index in [1.165, 1.54) is 17.7 Å². The van der Waals surface area contributed by atoms with Crippen molar-refractivity contribution in [2.75, 3.05) is 20.1 Å².